The quantitative estimate of drug-likeness (QED) is 0.114. The molecule has 3 aliphatic rings. The van der Waals surface area contributed by atoms with E-state index in [1.165, 1.54) is 0 Å². The molecule has 0 radical (unpaired) electrons. The number of hydrogen-bond donors (Lipinski definition) is 9. The number of aryl methyl sites for hydroxylation is 2. The van der Waals surface area contributed by atoms with Gasteiger partial charge in [0.25, 0.3) is 0 Å². The van der Waals surface area contributed by atoms with E-state index in [4.69, 9.17) is 51.4 Å². The van der Waals surface area contributed by atoms with E-state index in [0.717, 1.165) is 22.3 Å². The van der Waals surface area contributed by atoms with Crippen LogP contribution in [0.2, 0.25) is 0 Å². The van der Waals surface area contributed by atoms with Gasteiger partial charge in [-0.1, -0.05) is 59.7 Å². The smallest absolute Gasteiger partial charge is 0.187 e. The number of hydrogen-bond acceptors (Lipinski definition) is 15. The number of ether oxygens (including phenoxy) is 6. The van der Waals surface area contributed by atoms with Gasteiger partial charge in [0.15, 0.2) is 12.6 Å². The lowest BCUT2D eigenvalue weighted by atomic mass is 9.84. The minimum absolute atomic E-state index is 0.0516. The highest BCUT2D eigenvalue weighted by Crippen LogP contribution is 2.32. The SMILES string of the molecule is Cc1ccc(COC[C@H]2O[C@@H](O[C@@H]3[C@@H](O)[C@H](O[C@H]4O[C@H](CN)[C@@H](O)[C@H](O)[C@H]4O)[C@@H](N)C[C@H]3N)[C@H](O)[C@@H](N)[C@@H]2OCc2ccc(C)cc2)cc1. The van der Waals surface area contributed by atoms with Gasteiger partial charge < -0.3 is 76.9 Å². The van der Waals surface area contributed by atoms with Gasteiger partial charge in [-0.2, -0.15) is 0 Å². The number of aliphatic hydroxyl groups is 5. The molecule has 15 atom stereocenters. The fraction of sp³-hybridized carbons (Fsp3) is 0.647. The molecule has 0 unspecified atom stereocenters. The summed E-state index contributed by atoms with van der Waals surface area (Å²) in [5, 5.41) is 53.8. The molecule has 1 aliphatic carbocycles. The predicted octanol–water partition coefficient (Wildman–Crippen LogP) is -2.23. The molecule has 15 heteroatoms. The molecule has 1 saturated carbocycles. The number of nitrogens with two attached hydrogens (primary N) is 4. The Bertz CT molecular complexity index is 1310. The highest BCUT2D eigenvalue weighted by atomic mass is 16.7. The molecule has 0 aromatic heterocycles. The first-order valence-corrected chi connectivity index (χ1v) is 16.7. The van der Waals surface area contributed by atoms with Gasteiger partial charge in [-0.15, -0.1) is 0 Å². The Morgan fingerprint density at radius 3 is 1.69 bits per heavy atom. The molecular weight excluding hydrogens is 640 g/mol. The summed E-state index contributed by atoms with van der Waals surface area (Å²) in [5.74, 6) is 0. The van der Waals surface area contributed by atoms with Crippen LogP contribution in [0.3, 0.4) is 0 Å². The second-order valence-electron chi connectivity index (χ2n) is 13.4. The third kappa shape index (κ3) is 9.02. The molecule has 5 rings (SSSR count). The van der Waals surface area contributed by atoms with Crippen LogP contribution < -0.4 is 22.9 Å². The molecule has 2 aromatic carbocycles. The number of aliphatic hydroxyl groups excluding tert-OH is 5. The van der Waals surface area contributed by atoms with Gasteiger partial charge in [0.2, 0.25) is 0 Å². The zero-order valence-corrected chi connectivity index (χ0v) is 27.8. The Kier molecular flexibility index (Phi) is 13.1. The molecule has 2 saturated heterocycles. The first-order valence-electron chi connectivity index (χ1n) is 16.7. The summed E-state index contributed by atoms with van der Waals surface area (Å²) in [4.78, 5) is 0. The second-order valence-corrected chi connectivity index (χ2v) is 13.4. The Hall–Kier alpha value is -2.16. The van der Waals surface area contributed by atoms with Crippen LogP contribution in [-0.2, 0) is 41.6 Å². The van der Waals surface area contributed by atoms with E-state index < -0.39 is 91.7 Å². The first-order chi connectivity index (χ1) is 23.4. The minimum atomic E-state index is -1.66. The molecule has 13 N–H and O–H groups in total. The highest BCUT2D eigenvalue weighted by Gasteiger charge is 2.52. The van der Waals surface area contributed by atoms with Crippen molar-refractivity contribution in [2.45, 2.75) is 125 Å². The molecule has 15 nitrogen and oxygen atoms in total. The topological polar surface area (TPSA) is 261 Å². The van der Waals surface area contributed by atoms with E-state index in [0.29, 0.717) is 6.61 Å². The third-order valence-electron chi connectivity index (χ3n) is 9.51. The summed E-state index contributed by atoms with van der Waals surface area (Å²) in [7, 11) is 0. The van der Waals surface area contributed by atoms with Gasteiger partial charge in [-0.25, -0.2) is 0 Å². The highest BCUT2D eigenvalue weighted by molar-refractivity contribution is 5.21. The molecule has 49 heavy (non-hydrogen) atoms. The third-order valence-corrected chi connectivity index (χ3v) is 9.51. The van der Waals surface area contributed by atoms with Crippen LogP contribution in [0, 0.1) is 13.8 Å². The first kappa shape index (κ1) is 38.1. The molecule has 0 spiro atoms. The Morgan fingerprint density at radius 1 is 0.633 bits per heavy atom. The van der Waals surface area contributed by atoms with Crippen molar-refractivity contribution in [1.29, 1.82) is 0 Å². The summed E-state index contributed by atoms with van der Waals surface area (Å²) in [5.41, 5.74) is 29.0. The largest absolute Gasteiger partial charge is 0.388 e. The van der Waals surface area contributed by atoms with Crippen LogP contribution in [0.5, 0.6) is 0 Å². The lowest BCUT2D eigenvalue weighted by Crippen LogP contribution is -2.68. The zero-order chi connectivity index (χ0) is 35.4. The molecule has 2 heterocycles. The van der Waals surface area contributed by atoms with E-state index in [9.17, 15) is 25.5 Å². The predicted molar refractivity (Wildman–Crippen MR) is 175 cm³/mol. The standard InChI is InChI=1S/C34H52N4O11/c1-16-3-7-18(8-4-16)13-44-15-23-32(45-14-19-9-5-17(2)6-10-19)24(38)26(40)33(47-23)48-30-20(36)11-21(37)31(29(30)43)49-34-28(42)27(41)25(39)22(12-35)46-34/h3-10,20-34,39-43H,11-15,35-38H2,1-2H3/t20-,21+,22-,23-,24-,25-,26-,27+,28-,29-,30+,31-,32-,33+,34-/m1/s1. The average molecular weight is 693 g/mol. The van der Waals surface area contributed by atoms with Gasteiger partial charge in [0, 0.05) is 18.6 Å². The van der Waals surface area contributed by atoms with Crippen LogP contribution in [0.1, 0.15) is 28.7 Å². The van der Waals surface area contributed by atoms with Gasteiger partial charge in [0.1, 0.15) is 61.0 Å². The van der Waals surface area contributed by atoms with Crippen molar-refractivity contribution in [1.82, 2.24) is 0 Å². The summed E-state index contributed by atoms with van der Waals surface area (Å²) < 4.78 is 36.1. The van der Waals surface area contributed by atoms with Gasteiger partial charge >= 0.3 is 0 Å². The maximum absolute atomic E-state index is 11.4. The Balaban J connectivity index is 1.29. The summed E-state index contributed by atoms with van der Waals surface area (Å²) in [6, 6.07) is 13.1. The van der Waals surface area contributed by atoms with Crippen molar-refractivity contribution in [3.63, 3.8) is 0 Å². The van der Waals surface area contributed by atoms with Crippen LogP contribution >= 0.6 is 0 Å². The lowest BCUT2D eigenvalue weighted by molar-refractivity contribution is -0.334. The lowest BCUT2D eigenvalue weighted by Gasteiger charge is -2.48. The van der Waals surface area contributed by atoms with Crippen molar-refractivity contribution in [2.24, 2.45) is 22.9 Å². The number of rotatable bonds is 12. The molecule has 2 aliphatic heterocycles. The van der Waals surface area contributed by atoms with E-state index in [2.05, 4.69) is 0 Å². The van der Waals surface area contributed by atoms with Crippen LogP contribution in [0.15, 0.2) is 48.5 Å². The van der Waals surface area contributed by atoms with Crippen molar-refractivity contribution in [3.8, 4) is 0 Å². The van der Waals surface area contributed by atoms with Crippen LogP contribution in [0.25, 0.3) is 0 Å². The Morgan fingerprint density at radius 2 is 1.14 bits per heavy atom. The number of benzene rings is 2. The summed E-state index contributed by atoms with van der Waals surface area (Å²) in [6.07, 6.45) is -15.3. The maximum atomic E-state index is 11.4. The van der Waals surface area contributed by atoms with Crippen molar-refractivity contribution in [3.05, 3.63) is 70.8 Å². The molecular formula is C34H52N4O11. The van der Waals surface area contributed by atoms with Crippen molar-refractivity contribution in [2.75, 3.05) is 13.2 Å². The zero-order valence-electron chi connectivity index (χ0n) is 27.8. The Labute approximate surface area is 286 Å². The maximum Gasteiger partial charge on any atom is 0.187 e. The van der Waals surface area contributed by atoms with Crippen molar-refractivity contribution >= 4 is 0 Å². The van der Waals surface area contributed by atoms with E-state index in [-0.39, 0.29) is 26.2 Å². The molecule has 0 bridgehead atoms. The summed E-state index contributed by atoms with van der Waals surface area (Å²) in [6.45, 7) is 4.39. The fourth-order valence-electron chi connectivity index (χ4n) is 6.45. The van der Waals surface area contributed by atoms with Gasteiger partial charge in [-0.3, -0.25) is 0 Å². The summed E-state index contributed by atoms with van der Waals surface area (Å²) >= 11 is 0. The fourth-order valence-corrected chi connectivity index (χ4v) is 6.45. The van der Waals surface area contributed by atoms with Gasteiger partial charge in [-0.05, 0) is 31.4 Å². The van der Waals surface area contributed by atoms with Gasteiger partial charge in [0.05, 0.1) is 25.9 Å². The molecule has 3 fully saturated rings. The van der Waals surface area contributed by atoms with E-state index in [1.807, 2.05) is 62.4 Å². The van der Waals surface area contributed by atoms with Crippen LogP contribution in [-0.4, -0.2) is 130 Å². The molecule has 2 aromatic rings. The van der Waals surface area contributed by atoms with Crippen LogP contribution in [0.4, 0.5) is 0 Å². The van der Waals surface area contributed by atoms with Crippen molar-refractivity contribution < 1.29 is 54.0 Å². The minimum Gasteiger partial charge on any atom is -0.388 e. The van der Waals surface area contributed by atoms with E-state index in [1.54, 1.807) is 0 Å². The monoisotopic (exact) mass is 692 g/mol. The van der Waals surface area contributed by atoms with E-state index >= 15 is 0 Å². The average Bonchev–Trinajstić information content (AvgIpc) is 3.08. The molecule has 0 amide bonds. The normalized spacial score (nSPS) is 39.9. The molecule has 274 valence electrons. The second kappa shape index (κ2) is 16.9.